The highest BCUT2D eigenvalue weighted by molar-refractivity contribution is 6.30. The predicted molar refractivity (Wildman–Crippen MR) is 66.8 cm³/mol. The van der Waals surface area contributed by atoms with Crippen LogP contribution in [0.3, 0.4) is 0 Å². The first-order valence-electron chi connectivity index (χ1n) is 5.74. The number of nitrogen functional groups attached to an aromatic ring is 1. The number of hydrogen-bond donors (Lipinski definition) is 2. The van der Waals surface area contributed by atoms with Crippen LogP contribution in [0.5, 0.6) is 0 Å². The molecule has 3 N–H and O–H groups in total. The van der Waals surface area contributed by atoms with Crippen LogP contribution in [0.2, 0.25) is 5.02 Å². The van der Waals surface area contributed by atoms with Gasteiger partial charge in [-0.1, -0.05) is 24.4 Å². The number of ether oxygens (including phenoxy) is 1. The number of methoxy groups -OCH3 is 1. The third kappa shape index (κ3) is 2.25. The lowest BCUT2D eigenvalue weighted by Crippen LogP contribution is -2.44. The minimum absolute atomic E-state index is 0.251. The van der Waals surface area contributed by atoms with Crippen LogP contribution in [0.25, 0.3) is 0 Å². The molecule has 0 radical (unpaired) electrons. The summed E-state index contributed by atoms with van der Waals surface area (Å²) in [5, 5.41) is 11.3. The Kier molecular flexibility index (Phi) is 3.56. The van der Waals surface area contributed by atoms with Crippen molar-refractivity contribution in [1.82, 2.24) is 4.98 Å². The molecule has 1 aromatic heterocycles. The SMILES string of the molecule is COC1CCCCC1(O)c1cc(Cl)cnc1N. The third-order valence-corrected chi connectivity index (χ3v) is 3.65. The van der Waals surface area contributed by atoms with Gasteiger partial charge in [-0.2, -0.15) is 0 Å². The van der Waals surface area contributed by atoms with E-state index in [1.165, 1.54) is 6.20 Å². The molecular formula is C12H17ClN2O2. The summed E-state index contributed by atoms with van der Waals surface area (Å²) < 4.78 is 5.38. The number of halogens is 1. The number of aromatic nitrogens is 1. The predicted octanol–water partition coefficient (Wildman–Crippen LogP) is 2.09. The molecule has 2 unspecified atom stereocenters. The van der Waals surface area contributed by atoms with E-state index in [0.29, 0.717) is 22.8 Å². The second-order valence-corrected chi connectivity index (χ2v) is 4.92. The number of nitrogens with two attached hydrogens (primary N) is 1. The Bertz CT molecular complexity index is 413. The number of aliphatic hydroxyl groups is 1. The van der Waals surface area contributed by atoms with Crippen molar-refractivity contribution in [2.24, 2.45) is 0 Å². The molecule has 4 nitrogen and oxygen atoms in total. The van der Waals surface area contributed by atoms with Crippen molar-refractivity contribution in [3.63, 3.8) is 0 Å². The van der Waals surface area contributed by atoms with Crippen LogP contribution in [-0.2, 0) is 10.3 Å². The summed E-state index contributed by atoms with van der Waals surface area (Å²) >= 11 is 5.92. The maximum absolute atomic E-state index is 10.8. The van der Waals surface area contributed by atoms with E-state index in [0.717, 1.165) is 19.3 Å². The minimum atomic E-state index is -1.07. The summed E-state index contributed by atoms with van der Waals surface area (Å²) in [6, 6.07) is 1.68. The Balaban J connectivity index is 2.44. The normalized spacial score (nSPS) is 29.2. The molecule has 2 rings (SSSR count). The summed E-state index contributed by atoms with van der Waals surface area (Å²) in [6.45, 7) is 0. The first-order valence-corrected chi connectivity index (χ1v) is 6.12. The molecule has 1 aliphatic rings. The molecule has 5 heteroatoms. The Morgan fingerprint density at radius 3 is 3.06 bits per heavy atom. The fraction of sp³-hybridized carbons (Fsp3) is 0.583. The number of nitrogens with zero attached hydrogens (tertiary/aromatic N) is 1. The summed E-state index contributed by atoms with van der Waals surface area (Å²) in [6.07, 6.45) is 4.67. The molecule has 0 bridgehead atoms. The monoisotopic (exact) mass is 256 g/mol. The average molecular weight is 257 g/mol. The Labute approximate surface area is 106 Å². The van der Waals surface area contributed by atoms with Crippen molar-refractivity contribution in [2.75, 3.05) is 12.8 Å². The van der Waals surface area contributed by atoms with Crippen molar-refractivity contribution >= 4 is 17.4 Å². The van der Waals surface area contributed by atoms with Gasteiger partial charge in [0.25, 0.3) is 0 Å². The van der Waals surface area contributed by atoms with Crippen LogP contribution in [0.15, 0.2) is 12.3 Å². The van der Waals surface area contributed by atoms with Crippen LogP contribution in [0, 0.1) is 0 Å². The van der Waals surface area contributed by atoms with Gasteiger partial charge in [0.15, 0.2) is 0 Å². The highest BCUT2D eigenvalue weighted by atomic mass is 35.5. The van der Waals surface area contributed by atoms with Gasteiger partial charge >= 0.3 is 0 Å². The number of hydrogen-bond acceptors (Lipinski definition) is 4. The summed E-state index contributed by atoms with van der Waals surface area (Å²) in [7, 11) is 1.61. The molecule has 0 saturated heterocycles. The molecule has 1 aliphatic carbocycles. The minimum Gasteiger partial charge on any atom is -0.383 e. The molecule has 0 aliphatic heterocycles. The summed E-state index contributed by atoms with van der Waals surface area (Å²) in [5.74, 6) is 0.320. The van der Waals surface area contributed by atoms with E-state index in [9.17, 15) is 5.11 Å². The number of rotatable bonds is 2. The maximum Gasteiger partial charge on any atom is 0.129 e. The molecule has 0 spiro atoms. The van der Waals surface area contributed by atoms with E-state index in [1.807, 2.05) is 0 Å². The highest BCUT2D eigenvalue weighted by Gasteiger charge is 2.42. The smallest absolute Gasteiger partial charge is 0.129 e. The van der Waals surface area contributed by atoms with Gasteiger partial charge in [-0.3, -0.25) is 0 Å². The van der Waals surface area contributed by atoms with Crippen LogP contribution in [0.4, 0.5) is 5.82 Å². The molecule has 1 aromatic rings. The molecular weight excluding hydrogens is 240 g/mol. The zero-order valence-corrected chi connectivity index (χ0v) is 10.6. The van der Waals surface area contributed by atoms with Crippen molar-refractivity contribution in [3.8, 4) is 0 Å². The van der Waals surface area contributed by atoms with E-state index >= 15 is 0 Å². The second-order valence-electron chi connectivity index (χ2n) is 4.48. The van der Waals surface area contributed by atoms with Gasteiger partial charge in [-0.05, 0) is 18.9 Å². The van der Waals surface area contributed by atoms with E-state index in [-0.39, 0.29) is 6.10 Å². The first-order chi connectivity index (χ1) is 8.08. The van der Waals surface area contributed by atoms with E-state index in [2.05, 4.69) is 4.98 Å². The molecule has 0 amide bonds. The third-order valence-electron chi connectivity index (χ3n) is 3.44. The molecule has 94 valence electrons. The fourth-order valence-corrected chi connectivity index (χ4v) is 2.70. The van der Waals surface area contributed by atoms with E-state index < -0.39 is 5.60 Å². The van der Waals surface area contributed by atoms with E-state index in [1.54, 1.807) is 13.2 Å². The Morgan fingerprint density at radius 1 is 1.59 bits per heavy atom. The number of anilines is 1. The van der Waals surface area contributed by atoms with E-state index in [4.69, 9.17) is 22.1 Å². The largest absolute Gasteiger partial charge is 0.383 e. The van der Waals surface area contributed by atoms with Gasteiger partial charge in [-0.15, -0.1) is 0 Å². The second kappa shape index (κ2) is 4.80. The van der Waals surface area contributed by atoms with Gasteiger partial charge in [0.2, 0.25) is 0 Å². The molecule has 2 atom stereocenters. The van der Waals surface area contributed by atoms with Gasteiger partial charge in [0.05, 0.1) is 11.1 Å². The van der Waals surface area contributed by atoms with Crippen molar-refractivity contribution < 1.29 is 9.84 Å². The topological polar surface area (TPSA) is 68.4 Å². The molecule has 17 heavy (non-hydrogen) atoms. The molecule has 1 saturated carbocycles. The lowest BCUT2D eigenvalue weighted by molar-refractivity contribution is -0.122. The maximum atomic E-state index is 10.8. The lowest BCUT2D eigenvalue weighted by atomic mass is 9.77. The quantitative estimate of drug-likeness (QED) is 0.850. The average Bonchev–Trinajstić information content (AvgIpc) is 2.33. The zero-order valence-electron chi connectivity index (χ0n) is 9.82. The standard InChI is InChI=1S/C12H17ClN2O2/c1-17-10-4-2-3-5-12(10,16)9-6-8(13)7-15-11(9)14/h6-7,10,16H,2-5H2,1H3,(H2,14,15). The van der Waals surface area contributed by atoms with Crippen LogP contribution >= 0.6 is 11.6 Å². The summed E-state index contributed by atoms with van der Waals surface area (Å²) in [5.41, 5.74) is 5.34. The molecule has 0 aromatic carbocycles. The zero-order chi connectivity index (χ0) is 12.5. The van der Waals surface area contributed by atoms with Crippen molar-refractivity contribution in [3.05, 3.63) is 22.8 Å². The van der Waals surface area contributed by atoms with Crippen molar-refractivity contribution in [2.45, 2.75) is 37.4 Å². The van der Waals surface area contributed by atoms with Gasteiger partial charge < -0.3 is 15.6 Å². The number of pyridine rings is 1. The van der Waals surface area contributed by atoms with Gasteiger partial charge in [0, 0.05) is 18.9 Å². The highest BCUT2D eigenvalue weighted by Crippen LogP contribution is 2.41. The summed E-state index contributed by atoms with van der Waals surface area (Å²) in [4.78, 5) is 4.00. The van der Waals surface area contributed by atoms with Crippen LogP contribution in [0.1, 0.15) is 31.2 Å². The Hall–Kier alpha value is -0.840. The lowest BCUT2D eigenvalue weighted by Gasteiger charge is -2.39. The first kappa shape index (κ1) is 12.6. The van der Waals surface area contributed by atoms with Crippen LogP contribution in [-0.4, -0.2) is 23.3 Å². The molecule has 1 fully saturated rings. The fourth-order valence-electron chi connectivity index (χ4n) is 2.54. The van der Waals surface area contributed by atoms with Gasteiger partial charge in [0.1, 0.15) is 11.4 Å². The Morgan fingerprint density at radius 2 is 2.35 bits per heavy atom. The molecule has 1 heterocycles. The van der Waals surface area contributed by atoms with Gasteiger partial charge in [-0.25, -0.2) is 4.98 Å². The van der Waals surface area contributed by atoms with Crippen LogP contribution < -0.4 is 5.73 Å². The van der Waals surface area contributed by atoms with Crippen molar-refractivity contribution in [1.29, 1.82) is 0 Å².